The SMILES string of the molecule is FCc1cc2cccc3ccc4cccc1c4c32. The van der Waals surface area contributed by atoms with Crippen molar-refractivity contribution in [1.29, 1.82) is 0 Å². The van der Waals surface area contributed by atoms with Crippen LogP contribution in [0.1, 0.15) is 5.56 Å². The minimum atomic E-state index is -0.413. The Hall–Kier alpha value is -2.15. The van der Waals surface area contributed by atoms with E-state index in [0.717, 1.165) is 16.3 Å². The molecule has 86 valence electrons. The van der Waals surface area contributed by atoms with E-state index in [9.17, 15) is 4.39 Å². The van der Waals surface area contributed by atoms with Gasteiger partial charge in [0.25, 0.3) is 0 Å². The Balaban J connectivity index is 2.43. The van der Waals surface area contributed by atoms with E-state index in [-0.39, 0.29) is 0 Å². The molecule has 0 aliphatic heterocycles. The average Bonchev–Trinajstić information content (AvgIpc) is 2.44. The maximum absolute atomic E-state index is 13.2. The van der Waals surface area contributed by atoms with E-state index < -0.39 is 6.67 Å². The highest BCUT2D eigenvalue weighted by atomic mass is 19.1. The first-order valence-corrected chi connectivity index (χ1v) is 6.10. The van der Waals surface area contributed by atoms with Gasteiger partial charge in [0, 0.05) is 0 Å². The highest BCUT2D eigenvalue weighted by Gasteiger charge is 2.10. The maximum Gasteiger partial charge on any atom is 0.115 e. The number of hydrogen-bond donors (Lipinski definition) is 0. The van der Waals surface area contributed by atoms with Crippen molar-refractivity contribution >= 4 is 32.3 Å². The molecule has 0 aliphatic carbocycles. The molecular formula is C17H11F. The van der Waals surface area contributed by atoms with Crippen LogP contribution >= 0.6 is 0 Å². The molecule has 0 aromatic heterocycles. The summed E-state index contributed by atoms with van der Waals surface area (Å²) in [5, 5.41) is 7.03. The second kappa shape index (κ2) is 3.42. The fourth-order valence-corrected chi connectivity index (χ4v) is 2.95. The molecular weight excluding hydrogens is 223 g/mol. The molecule has 4 rings (SSSR count). The third-order valence-corrected chi connectivity index (χ3v) is 3.74. The molecule has 0 unspecified atom stereocenters. The standard InChI is InChI=1S/C17H11F/c18-10-14-9-13-5-1-3-11-7-8-12-4-2-6-15(14)17(12)16(11)13/h1-9H,10H2. The fraction of sp³-hybridized carbons (Fsp3) is 0.0588. The smallest absolute Gasteiger partial charge is 0.115 e. The number of halogens is 1. The predicted octanol–water partition coefficient (Wildman–Crippen LogP) is 5.05. The van der Waals surface area contributed by atoms with E-state index in [0.29, 0.717) is 0 Å². The van der Waals surface area contributed by atoms with Gasteiger partial charge in [-0.2, -0.15) is 0 Å². The van der Waals surface area contributed by atoms with Gasteiger partial charge in [-0.3, -0.25) is 0 Å². The molecule has 18 heavy (non-hydrogen) atoms. The summed E-state index contributed by atoms with van der Waals surface area (Å²) in [6.45, 7) is -0.413. The van der Waals surface area contributed by atoms with Crippen molar-refractivity contribution in [1.82, 2.24) is 0 Å². The van der Waals surface area contributed by atoms with E-state index >= 15 is 0 Å². The first-order valence-electron chi connectivity index (χ1n) is 6.10. The van der Waals surface area contributed by atoms with Crippen LogP contribution in [0.25, 0.3) is 32.3 Å². The number of rotatable bonds is 1. The lowest BCUT2D eigenvalue weighted by Gasteiger charge is -2.12. The van der Waals surface area contributed by atoms with Crippen molar-refractivity contribution < 1.29 is 4.39 Å². The van der Waals surface area contributed by atoms with E-state index in [1.807, 2.05) is 24.3 Å². The largest absolute Gasteiger partial charge is 0.246 e. The van der Waals surface area contributed by atoms with Crippen LogP contribution in [0.15, 0.2) is 54.6 Å². The highest BCUT2D eigenvalue weighted by molar-refractivity contribution is 6.23. The molecule has 0 amide bonds. The second-order valence-electron chi connectivity index (χ2n) is 4.72. The predicted molar refractivity (Wildman–Crippen MR) is 75.0 cm³/mol. The van der Waals surface area contributed by atoms with Crippen LogP contribution in [0, 0.1) is 0 Å². The minimum Gasteiger partial charge on any atom is -0.246 e. The van der Waals surface area contributed by atoms with Crippen LogP contribution in [0.2, 0.25) is 0 Å². The van der Waals surface area contributed by atoms with Crippen molar-refractivity contribution in [3.05, 3.63) is 60.2 Å². The Morgan fingerprint density at radius 2 is 1.39 bits per heavy atom. The molecule has 0 radical (unpaired) electrons. The maximum atomic E-state index is 13.2. The Morgan fingerprint density at radius 3 is 2.17 bits per heavy atom. The van der Waals surface area contributed by atoms with Crippen LogP contribution in [0.5, 0.6) is 0 Å². The number of alkyl halides is 1. The van der Waals surface area contributed by atoms with Crippen LogP contribution in [0.4, 0.5) is 4.39 Å². The van der Waals surface area contributed by atoms with Gasteiger partial charge >= 0.3 is 0 Å². The fourth-order valence-electron chi connectivity index (χ4n) is 2.95. The topological polar surface area (TPSA) is 0 Å². The summed E-state index contributed by atoms with van der Waals surface area (Å²) in [5.74, 6) is 0. The first-order chi connectivity index (χ1) is 8.88. The zero-order valence-corrected chi connectivity index (χ0v) is 9.78. The first kappa shape index (κ1) is 9.84. The molecule has 0 aliphatic rings. The monoisotopic (exact) mass is 234 g/mol. The normalized spacial score (nSPS) is 11.8. The molecule has 4 aromatic carbocycles. The summed E-state index contributed by atoms with van der Waals surface area (Å²) in [4.78, 5) is 0. The molecule has 1 heteroatoms. The summed E-state index contributed by atoms with van der Waals surface area (Å²) < 4.78 is 13.2. The van der Waals surface area contributed by atoms with Gasteiger partial charge in [0.1, 0.15) is 6.67 Å². The summed E-state index contributed by atoms with van der Waals surface area (Å²) in [5.41, 5.74) is 0.784. The van der Waals surface area contributed by atoms with Crippen molar-refractivity contribution in [3.63, 3.8) is 0 Å². The zero-order chi connectivity index (χ0) is 12.1. The molecule has 0 fully saturated rings. The van der Waals surface area contributed by atoms with Gasteiger partial charge in [0.05, 0.1) is 0 Å². The van der Waals surface area contributed by atoms with E-state index in [4.69, 9.17) is 0 Å². The van der Waals surface area contributed by atoms with Crippen molar-refractivity contribution in [2.24, 2.45) is 0 Å². The second-order valence-corrected chi connectivity index (χ2v) is 4.72. The van der Waals surface area contributed by atoms with Crippen LogP contribution in [-0.4, -0.2) is 0 Å². The van der Waals surface area contributed by atoms with Crippen molar-refractivity contribution in [2.75, 3.05) is 0 Å². The lowest BCUT2D eigenvalue weighted by atomic mass is 9.92. The summed E-state index contributed by atoms with van der Waals surface area (Å²) in [6.07, 6.45) is 0. The van der Waals surface area contributed by atoms with Gasteiger partial charge in [-0.15, -0.1) is 0 Å². The molecule has 0 nitrogen and oxygen atoms in total. The molecule has 0 saturated carbocycles. The van der Waals surface area contributed by atoms with Gasteiger partial charge in [-0.1, -0.05) is 48.5 Å². The summed E-state index contributed by atoms with van der Waals surface area (Å²) >= 11 is 0. The molecule has 0 atom stereocenters. The Morgan fingerprint density at radius 1 is 0.722 bits per heavy atom. The van der Waals surface area contributed by atoms with E-state index in [2.05, 4.69) is 30.3 Å². The third kappa shape index (κ3) is 1.14. The van der Waals surface area contributed by atoms with Gasteiger partial charge in [0.2, 0.25) is 0 Å². The Labute approximate surface area is 104 Å². The minimum absolute atomic E-state index is 0.413. The van der Waals surface area contributed by atoms with Gasteiger partial charge in [-0.25, -0.2) is 4.39 Å². The van der Waals surface area contributed by atoms with Crippen LogP contribution < -0.4 is 0 Å². The van der Waals surface area contributed by atoms with E-state index in [1.165, 1.54) is 21.5 Å². The molecule has 0 heterocycles. The molecule has 0 N–H and O–H groups in total. The van der Waals surface area contributed by atoms with Gasteiger partial charge < -0.3 is 0 Å². The Kier molecular flexibility index (Phi) is 1.87. The van der Waals surface area contributed by atoms with Gasteiger partial charge in [0.15, 0.2) is 0 Å². The van der Waals surface area contributed by atoms with Gasteiger partial charge in [-0.05, 0) is 43.9 Å². The summed E-state index contributed by atoms with van der Waals surface area (Å²) in [6, 6.07) is 18.6. The van der Waals surface area contributed by atoms with Crippen molar-refractivity contribution in [3.8, 4) is 0 Å². The van der Waals surface area contributed by atoms with E-state index in [1.54, 1.807) is 0 Å². The average molecular weight is 234 g/mol. The lowest BCUT2D eigenvalue weighted by molar-refractivity contribution is 0.488. The summed E-state index contributed by atoms with van der Waals surface area (Å²) in [7, 11) is 0. The van der Waals surface area contributed by atoms with Crippen LogP contribution in [0.3, 0.4) is 0 Å². The molecule has 0 saturated heterocycles. The Bertz CT molecular complexity index is 861. The number of hydrogen-bond acceptors (Lipinski definition) is 0. The molecule has 0 spiro atoms. The third-order valence-electron chi connectivity index (χ3n) is 3.74. The quantitative estimate of drug-likeness (QED) is 0.404. The molecule has 4 aromatic rings. The lowest BCUT2D eigenvalue weighted by Crippen LogP contribution is -1.88. The molecule has 0 bridgehead atoms. The zero-order valence-electron chi connectivity index (χ0n) is 9.78. The van der Waals surface area contributed by atoms with Crippen LogP contribution in [-0.2, 0) is 6.67 Å². The number of benzene rings is 4. The highest BCUT2D eigenvalue weighted by Crippen LogP contribution is 2.36. The van der Waals surface area contributed by atoms with Crippen molar-refractivity contribution in [2.45, 2.75) is 6.67 Å².